The molecule has 4 rings (SSSR count). The molecule has 0 spiro atoms. The van der Waals surface area contributed by atoms with Crippen molar-refractivity contribution < 1.29 is 9.05 Å². The Morgan fingerprint density at radius 3 is 2.82 bits per heavy atom. The van der Waals surface area contributed by atoms with Gasteiger partial charge in [-0.05, 0) is 52.5 Å². The molecular weight excluding hydrogens is 311 g/mol. The van der Waals surface area contributed by atoms with Crippen LogP contribution in [-0.2, 0) is 27.3 Å². The predicted octanol–water partition coefficient (Wildman–Crippen LogP) is 4.86. The van der Waals surface area contributed by atoms with E-state index < -0.39 is 6.49 Å². The first kappa shape index (κ1) is 14.8. The third-order valence-corrected chi connectivity index (χ3v) is 8.40. The van der Waals surface area contributed by atoms with Gasteiger partial charge in [-0.3, -0.25) is 0 Å². The maximum absolute atomic E-state index is 6.08. The standard InChI is InChI=1S/C18H21O2PS/c1-2-21(22)19-11-14-8-10-16-15-6-4-3-5-13(15)7-9-17(16)18(14)12-20-21/h3-7,9,14,18H,2,8,10-12H2,1H3. The Bertz CT molecular complexity index is 758. The number of benzene rings is 2. The van der Waals surface area contributed by atoms with Crippen LogP contribution in [0.2, 0.25) is 0 Å². The molecule has 1 aliphatic heterocycles. The first-order valence-electron chi connectivity index (χ1n) is 8.09. The summed E-state index contributed by atoms with van der Waals surface area (Å²) < 4.78 is 12.1. The van der Waals surface area contributed by atoms with Gasteiger partial charge in [-0.15, -0.1) is 0 Å². The molecule has 0 amide bonds. The molecule has 3 atom stereocenters. The number of hydrogen-bond acceptors (Lipinski definition) is 3. The molecule has 0 radical (unpaired) electrons. The predicted molar refractivity (Wildman–Crippen MR) is 95.2 cm³/mol. The average molecular weight is 332 g/mol. The Balaban J connectivity index is 1.77. The summed E-state index contributed by atoms with van der Waals surface area (Å²) >= 11 is 5.61. The maximum Gasteiger partial charge on any atom is 0.188 e. The maximum atomic E-state index is 6.08. The normalized spacial score (nSPS) is 31.3. The molecule has 2 aromatic carbocycles. The van der Waals surface area contributed by atoms with E-state index in [-0.39, 0.29) is 0 Å². The Kier molecular flexibility index (Phi) is 3.86. The van der Waals surface area contributed by atoms with E-state index >= 15 is 0 Å². The summed E-state index contributed by atoms with van der Waals surface area (Å²) in [6.07, 6.45) is 3.14. The molecule has 2 aromatic rings. The molecule has 0 saturated carbocycles. The van der Waals surface area contributed by atoms with E-state index in [4.69, 9.17) is 20.9 Å². The smallest absolute Gasteiger partial charge is 0.188 e. The van der Waals surface area contributed by atoms with Gasteiger partial charge in [-0.25, -0.2) is 0 Å². The molecule has 4 heteroatoms. The highest BCUT2D eigenvalue weighted by atomic mass is 32.5. The molecule has 3 unspecified atom stereocenters. The van der Waals surface area contributed by atoms with Crippen molar-refractivity contribution in [3.8, 4) is 0 Å². The van der Waals surface area contributed by atoms with Crippen molar-refractivity contribution in [3.63, 3.8) is 0 Å². The van der Waals surface area contributed by atoms with Crippen molar-refractivity contribution >= 4 is 29.1 Å². The summed E-state index contributed by atoms with van der Waals surface area (Å²) in [7, 11) is 0. The van der Waals surface area contributed by atoms with Crippen LogP contribution in [0.1, 0.15) is 30.4 Å². The van der Waals surface area contributed by atoms with Crippen LogP contribution in [-0.4, -0.2) is 19.4 Å². The largest absolute Gasteiger partial charge is 0.329 e. The number of aryl methyl sites for hydroxylation is 1. The quantitative estimate of drug-likeness (QED) is 0.695. The summed E-state index contributed by atoms with van der Waals surface area (Å²) in [6.45, 7) is 1.53. The van der Waals surface area contributed by atoms with Crippen LogP contribution in [0, 0.1) is 5.92 Å². The minimum absolute atomic E-state index is 0.435. The van der Waals surface area contributed by atoms with Gasteiger partial charge in [0.25, 0.3) is 0 Å². The molecule has 22 heavy (non-hydrogen) atoms. The second-order valence-corrected chi connectivity index (χ2v) is 10.3. The second kappa shape index (κ2) is 5.72. The van der Waals surface area contributed by atoms with Crippen LogP contribution in [0.25, 0.3) is 10.8 Å². The lowest BCUT2D eigenvalue weighted by molar-refractivity contribution is 0.237. The molecular formula is C18H21O2PS. The van der Waals surface area contributed by atoms with E-state index in [2.05, 4.69) is 43.3 Å². The van der Waals surface area contributed by atoms with Gasteiger partial charge in [0.15, 0.2) is 6.49 Å². The van der Waals surface area contributed by atoms with E-state index in [1.807, 2.05) is 0 Å². The van der Waals surface area contributed by atoms with Crippen LogP contribution in [0.4, 0.5) is 0 Å². The topological polar surface area (TPSA) is 18.5 Å². The summed E-state index contributed by atoms with van der Waals surface area (Å²) in [4.78, 5) is 0. The Labute approximate surface area is 137 Å². The van der Waals surface area contributed by atoms with E-state index in [1.54, 1.807) is 0 Å². The molecule has 0 aromatic heterocycles. The minimum Gasteiger partial charge on any atom is -0.329 e. The summed E-state index contributed by atoms with van der Waals surface area (Å²) in [5.41, 5.74) is 2.97. The van der Waals surface area contributed by atoms with Crippen molar-refractivity contribution in [1.29, 1.82) is 0 Å². The van der Waals surface area contributed by atoms with E-state index in [0.717, 1.165) is 25.8 Å². The summed E-state index contributed by atoms with van der Waals surface area (Å²) in [5.74, 6) is 0.981. The van der Waals surface area contributed by atoms with Gasteiger partial charge in [-0.1, -0.05) is 43.3 Å². The lowest BCUT2D eigenvalue weighted by atomic mass is 9.74. The first-order chi connectivity index (χ1) is 10.7. The third-order valence-electron chi connectivity index (χ3n) is 5.13. The summed E-state index contributed by atoms with van der Waals surface area (Å²) in [6, 6.07) is 13.2. The van der Waals surface area contributed by atoms with E-state index in [9.17, 15) is 0 Å². The van der Waals surface area contributed by atoms with Crippen molar-refractivity contribution in [2.75, 3.05) is 19.4 Å². The van der Waals surface area contributed by atoms with Crippen LogP contribution >= 0.6 is 6.49 Å². The Hall–Kier alpha value is -0.730. The van der Waals surface area contributed by atoms with Crippen LogP contribution in [0.15, 0.2) is 36.4 Å². The fourth-order valence-electron chi connectivity index (χ4n) is 3.81. The number of fused-ring (bicyclic) bond motifs is 5. The van der Waals surface area contributed by atoms with Crippen molar-refractivity contribution in [2.24, 2.45) is 5.92 Å². The molecule has 0 N–H and O–H groups in total. The SMILES string of the molecule is CCP1(=S)OCC2CCc3c(ccc4ccccc34)C2CO1. The van der Waals surface area contributed by atoms with Crippen molar-refractivity contribution in [2.45, 2.75) is 25.7 Å². The Morgan fingerprint density at radius 2 is 1.95 bits per heavy atom. The van der Waals surface area contributed by atoms with Crippen molar-refractivity contribution in [3.05, 3.63) is 47.5 Å². The van der Waals surface area contributed by atoms with Gasteiger partial charge in [0.05, 0.1) is 13.2 Å². The molecule has 116 valence electrons. The van der Waals surface area contributed by atoms with Crippen LogP contribution in [0.3, 0.4) is 0 Å². The fourth-order valence-corrected chi connectivity index (χ4v) is 5.42. The highest BCUT2D eigenvalue weighted by Gasteiger charge is 2.36. The molecule has 0 bridgehead atoms. The lowest BCUT2D eigenvalue weighted by Gasteiger charge is -2.31. The molecule has 1 aliphatic carbocycles. The number of rotatable bonds is 1. The molecule has 2 aliphatic rings. The molecule has 1 heterocycles. The fraction of sp³-hybridized carbons (Fsp3) is 0.444. The molecule has 1 fully saturated rings. The van der Waals surface area contributed by atoms with Gasteiger partial charge in [-0.2, -0.15) is 0 Å². The first-order valence-corrected chi connectivity index (χ1v) is 10.9. The van der Waals surface area contributed by atoms with Gasteiger partial charge in [0, 0.05) is 12.1 Å². The zero-order valence-electron chi connectivity index (χ0n) is 12.8. The Morgan fingerprint density at radius 1 is 1.14 bits per heavy atom. The average Bonchev–Trinajstić information content (AvgIpc) is 2.75. The van der Waals surface area contributed by atoms with Crippen molar-refractivity contribution in [1.82, 2.24) is 0 Å². The monoisotopic (exact) mass is 332 g/mol. The van der Waals surface area contributed by atoms with E-state index in [0.29, 0.717) is 11.8 Å². The molecule has 1 saturated heterocycles. The lowest BCUT2D eigenvalue weighted by Crippen LogP contribution is -2.25. The van der Waals surface area contributed by atoms with Gasteiger partial charge in [0.1, 0.15) is 0 Å². The van der Waals surface area contributed by atoms with Gasteiger partial charge >= 0.3 is 0 Å². The highest BCUT2D eigenvalue weighted by Crippen LogP contribution is 2.54. The zero-order chi connectivity index (χ0) is 15.2. The van der Waals surface area contributed by atoms with Crippen LogP contribution < -0.4 is 0 Å². The third kappa shape index (κ3) is 2.45. The van der Waals surface area contributed by atoms with Crippen LogP contribution in [0.5, 0.6) is 0 Å². The highest BCUT2D eigenvalue weighted by molar-refractivity contribution is 8.09. The minimum atomic E-state index is -2.04. The van der Waals surface area contributed by atoms with Gasteiger partial charge in [0.2, 0.25) is 0 Å². The molecule has 2 nitrogen and oxygen atoms in total. The summed E-state index contributed by atoms with van der Waals surface area (Å²) in [5, 5.41) is 2.74. The zero-order valence-corrected chi connectivity index (χ0v) is 14.5. The van der Waals surface area contributed by atoms with E-state index in [1.165, 1.54) is 28.3 Å². The van der Waals surface area contributed by atoms with Gasteiger partial charge < -0.3 is 9.05 Å². The second-order valence-electron chi connectivity index (χ2n) is 6.28. The number of hydrogen-bond donors (Lipinski definition) is 0.